The molecule has 0 aliphatic heterocycles. The number of nitrogens with zero attached hydrogens (tertiary/aromatic N) is 3. The number of amidine groups is 1. The third-order valence-electron chi connectivity index (χ3n) is 3.30. The number of ether oxygens (including phenoxy) is 1. The highest BCUT2D eigenvalue weighted by Crippen LogP contribution is 2.16. The van der Waals surface area contributed by atoms with Crippen molar-refractivity contribution in [1.29, 1.82) is 0 Å². The van der Waals surface area contributed by atoms with Crippen molar-refractivity contribution in [2.45, 2.75) is 5.75 Å². The van der Waals surface area contributed by atoms with E-state index in [-0.39, 0.29) is 0 Å². The van der Waals surface area contributed by atoms with E-state index >= 15 is 0 Å². The SMILES string of the molecule is CN(C)CCOc1ccccc1C=NN=C(N)SCc1ccccc1. The van der Waals surface area contributed by atoms with Crippen LogP contribution in [0, 0.1) is 0 Å². The highest BCUT2D eigenvalue weighted by atomic mass is 32.2. The first-order valence-electron chi connectivity index (χ1n) is 8.05. The summed E-state index contributed by atoms with van der Waals surface area (Å²) < 4.78 is 5.79. The van der Waals surface area contributed by atoms with E-state index in [1.54, 1.807) is 6.21 Å². The maximum atomic E-state index is 5.90. The van der Waals surface area contributed by atoms with Gasteiger partial charge in [-0.05, 0) is 31.8 Å². The van der Waals surface area contributed by atoms with Gasteiger partial charge in [0.25, 0.3) is 0 Å². The normalized spacial score (nSPS) is 12.0. The summed E-state index contributed by atoms with van der Waals surface area (Å²) >= 11 is 1.46. The molecule has 2 rings (SSSR count). The molecule has 2 N–H and O–H groups in total. The molecule has 0 radical (unpaired) electrons. The van der Waals surface area contributed by atoms with Crippen molar-refractivity contribution in [3.05, 3.63) is 65.7 Å². The lowest BCUT2D eigenvalue weighted by Gasteiger charge is -2.12. The summed E-state index contributed by atoms with van der Waals surface area (Å²) in [6, 6.07) is 17.9. The monoisotopic (exact) mass is 356 g/mol. The van der Waals surface area contributed by atoms with Gasteiger partial charge in [-0.1, -0.05) is 54.2 Å². The quantitative estimate of drug-likeness (QED) is 0.448. The summed E-state index contributed by atoms with van der Waals surface area (Å²) in [6.45, 7) is 1.48. The molecule has 0 saturated heterocycles. The van der Waals surface area contributed by atoms with Gasteiger partial charge in [-0.15, -0.1) is 5.10 Å². The van der Waals surface area contributed by atoms with Crippen LogP contribution >= 0.6 is 11.8 Å². The van der Waals surface area contributed by atoms with Crippen LogP contribution in [0.2, 0.25) is 0 Å². The van der Waals surface area contributed by atoms with E-state index in [1.165, 1.54) is 17.3 Å². The van der Waals surface area contributed by atoms with Gasteiger partial charge in [0.1, 0.15) is 12.4 Å². The zero-order chi connectivity index (χ0) is 17.9. The number of benzene rings is 2. The first kappa shape index (κ1) is 19.0. The van der Waals surface area contributed by atoms with Crippen LogP contribution in [-0.2, 0) is 5.75 Å². The van der Waals surface area contributed by atoms with Crippen molar-refractivity contribution < 1.29 is 4.74 Å². The van der Waals surface area contributed by atoms with E-state index in [0.29, 0.717) is 11.8 Å². The molecule has 132 valence electrons. The zero-order valence-corrected chi connectivity index (χ0v) is 15.4. The molecule has 0 bridgehead atoms. The molecule has 0 fully saturated rings. The van der Waals surface area contributed by atoms with Crippen LogP contribution in [0.5, 0.6) is 5.75 Å². The fraction of sp³-hybridized carbons (Fsp3) is 0.263. The maximum Gasteiger partial charge on any atom is 0.180 e. The fourth-order valence-electron chi connectivity index (χ4n) is 1.97. The Morgan fingerprint density at radius 1 is 1.12 bits per heavy atom. The number of rotatable bonds is 8. The molecule has 0 saturated carbocycles. The number of likely N-dealkylation sites (N-methyl/N-ethyl adjacent to an activating group) is 1. The van der Waals surface area contributed by atoms with Crippen molar-refractivity contribution in [3.8, 4) is 5.75 Å². The molecule has 5 nitrogen and oxygen atoms in total. The zero-order valence-electron chi connectivity index (χ0n) is 14.6. The van der Waals surface area contributed by atoms with Gasteiger partial charge in [0.05, 0.1) is 6.21 Å². The van der Waals surface area contributed by atoms with Crippen molar-refractivity contribution >= 4 is 23.1 Å². The van der Waals surface area contributed by atoms with E-state index in [2.05, 4.69) is 27.2 Å². The molecule has 0 aromatic heterocycles. The minimum absolute atomic E-state index is 0.436. The molecule has 0 unspecified atom stereocenters. The van der Waals surface area contributed by atoms with Gasteiger partial charge < -0.3 is 15.4 Å². The molecule has 0 aliphatic rings. The predicted octanol–water partition coefficient (Wildman–Crippen LogP) is 3.21. The predicted molar refractivity (Wildman–Crippen MR) is 107 cm³/mol. The Morgan fingerprint density at radius 3 is 2.60 bits per heavy atom. The maximum absolute atomic E-state index is 5.90. The number of hydrogen-bond acceptors (Lipinski definition) is 5. The van der Waals surface area contributed by atoms with Gasteiger partial charge in [-0.2, -0.15) is 5.10 Å². The van der Waals surface area contributed by atoms with E-state index in [0.717, 1.165) is 23.6 Å². The Morgan fingerprint density at radius 2 is 1.84 bits per heavy atom. The summed E-state index contributed by atoms with van der Waals surface area (Å²) in [5.74, 6) is 1.56. The lowest BCUT2D eigenvalue weighted by Crippen LogP contribution is -2.19. The van der Waals surface area contributed by atoms with Crippen molar-refractivity contribution in [1.82, 2.24) is 4.90 Å². The highest BCUT2D eigenvalue weighted by molar-refractivity contribution is 8.13. The largest absolute Gasteiger partial charge is 0.492 e. The average molecular weight is 356 g/mol. The molecular formula is C19H24N4OS. The highest BCUT2D eigenvalue weighted by Gasteiger charge is 2.01. The van der Waals surface area contributed by atoms with E-state index in [1.807, 2.05) is 56.6 Å². The first-order chi connectivity index (χ1) is 12.1. The summed E-state index contributed by atoms with van der Waals surface area (Å²) in [5, 5.41) is 8.57. The number of hydrogen-bond donors (Lipinski definition) is 1. The minimum atomic E-state index is 0.436. The van der Waals surface area contributed by atoms with E-state index in [4.69, 9.17) is 10.5 Å². The topological polar surface area (TPSA) is 63.2 Å². The van der Waals surface area contributed by atoms with Crippen LogP contribution < -0.4 is 10.5 Å². The van der Waals surface area contributed by atoms with Crippen LogP contribution in [0.4, 0.5) is 0 Å². The Hall–Kier alpha value is -2.31. The molecule has 2 aromatic rings. The summed E-state index contributed by atoms with van der Waals surface area (Å²) in [6.07, 6.45) is 1.67. The lowest BCUT2D eigenvalue weighted by atomic mass is 10.2. The standard InChI is InChI=1S/C19H24N4OS/c1-23(2)12-13-24-18-11-7-6-10-17(18)14-21-22-19(20)25-15-16-8-4-3-5-9-16/h3-11,14H,12-13,15H2,1-2H3,(H2,20,22). The molecule has 0 amide bonds. The fourth-order valence-corrected chi connectivity index (χ4v) is 2.58. The number of para-hydroxylation sites is 1. The Bertz CT molecular complexity index is 702. The van der Waals surface area contributed by atoms with Crippen molar-refractivity contribution in [2.24, 2.45) is 15.9 Å². The molecule has 0 aliphatic carbocycles. The van der Waals surface area contributed by atoms with E-state index < -0.39 is 0 Å². The van der Waals surface area contributed by atoms with Crippen LogP contribution in [0.3, 0.4) is 0 Å². The summed E-state index contributed by atoms with van der Waals surface area (Å²) in [4.78, 5) is 2.08. The molecule has 6 heteroatoms. The molecule has 0 atom stereocenters. The molecule has 2 aromatic carbocycles. The van der Waals surface area contributed by atoms with Crippen molar-refractivity contribution in [2.75, 3.05) is 27.2 Å². The van der Waals surface area contributed by atoms with Gasteiger partial charge in [-0.3, -0.25) is 0 Å². The third-order valence-corrected chi connectivity index (χ3v) is 4.15. The van der Waals surface area contributed by atoms with Crippen LogP contribution in [0.25, 0.3) is 0 Å². The Kier molecular flexibility index (Phi) is 8.01. The second-order valence-corrected chi connectivity index (χ2v) is 6.64. The van der Waals surface area contributed by atoms with Gasteiger partial charge in [0, 0.05) is 17.9 Å². The van der Waals surface area contributed by atoms with Gasteiger partial charge in [0.2, 0.25) is 0 Å². The number of thioether (sulfide) groups is 1. The first-order valence-corrected chi connectivity index (χ1v) is 9.03. The lowest BCUT2D eigenvalue weighted by molar-refractivity contribution is 0.261. The summed E-state index contributed by atoms with van der Waals surface area (Å²) in [7, 11) is 4.03. The number of nitrogens with two attached hydrogens (primary N) is 1. The van der Waals surface area contributed by atoms with Crippen LogP contribution in [-0.4, -0.2) is 43.5 Å². The Balaban J connectivity index is 1.89. The summed E-state index contributed by atoms with van der Waals surface area (Å²) in [5.41, 5.74) is 7.98. The van der Waals surface area contributed by atoms with Gasteiger partial charge in [0.15, 0.2) is 5.17 Å². The van der Waals surface area contributed by atoms with Crippen molar-refractivity contribution in [3.63, 3.8) is 0 Å². The van der Waals surface area contributed by atoms with Crippen LogP contribution in [0.15, 0.2) is 64.8 Å². The third kappa shape index (κ3) is 7.41. The minimum Gasteiger partial charge on any atom is -0.492 e. The smallest absolute Gasteiger partial charge is 0.180 e. The van der Waals surface area contributed by atoms with Gasteiger partial charge >= 0.3 is 0 Å². The van der Waals surface area contributed by atoms with Crippen LogP contribution in [0.1, 0.15) is 11.1 Å². The van der Waals surface area contributed by atoms with E-state index in [9.17, 15) is 0 Å². The van der Waals surface area contributed by atoms with Gasteiger partial charge in [-0.25, -0.2) is 0 Å². The molecule has 25 heavy (non-hydrogen) atoms. The molecular weight excluding hydrogens is 332 g/mol. The second kappa shape index (κ2) is 10.5. The molecule has 0 heterocycles. The Labute approximate surface area is 153 Å². The average Bonchev–Trinajstić information content (AvgIpc) is 2.62. The molecule has 0 spiro atoms. The second-order valence-electron chi connectivity index (χ2n) is 5.65.